The summed E-state index contributed by atoms with van der Waals surface area (Å²) in [6, 6.07) is 9.71. The van der Waals surface area contributed by atoms with E-state index in [2.05, 4.69) is 48.5 Å². The van der Waals surface area contributed by atoms with Crippen molar-refractivity contribution in [3.8, 4) is 0 Å². The molecule has 2 rings (SSSR count). The highest BCUT2D eigenvalue weighted by atomic mass is 15.1. The van der Waals surface area contributed by atoms with Crippen molar-refractivity contribution in [3.63, 3.8) is 0 Å². The Morgan fingerprint density at radius 1 is 1.05 bits per heavy atom. The molecule has 1 fully saturated rings. The largest absolute Gasteiger partial charge is 0.313 e. The van der Waals surface area contributed by atoms with Crippen molar-refractivity contribution < 1.29 is 0 Å². The van der Waals surface area contributed by atoms with Crippen molar-refractivity contribution in [2.24, 2.45) is 0 Å². The Labute approximate surface area is 130 Å². The minimum absolute atomic E-state index is 0.782. The van der Waals surface area contributed by atoms with Crippen molar-refractivity contribution in [2.45, 2.75) is 71.0 Å². The molecule has 0 unspecified atom stereocenters. The molecule has 1 aliphatic carbocycles. The molecule has 1 aliphatic rings. The molecule has 1 saturated carbocycles. The molecule has 0 saturated heterocycles. The Morgan fingerprint density at radius 2 is 1.71 bits per heavy atom. The second kappa shape index (κ2) is 9.22. The lowest BCUT2D eigenvalue weighted by Crippen LogP contribution is -2.31. The first-order chi connectivity index (χ1) is 10.3. The van der Waals surface area contributed by atoms with Gasteiger partial charge in [-0.25, -0.2) is 0 Å². The highest BCUT2D eigenvalue weighted by Crippen LogP contribution is 2.23. The van der Waals surface area contributed by atoms with Crippen LogP contribution in [0.15, 0.2) is 24.3 Å². The molecule has 2 nitrogen and oxygen atoms in total. The molecule has 0 amide bonds. The number of hydrogen-bond donors (Lipinski definition) is 1. The van der Waals surface area contributed by atoms with Gasteiger partial charge in [0, 0.05) is 19.1 Å². The minimum Gasteiger partial charge on any atom is -0.313 e. The summed E-state index contributed by atoms with van der Waals surface area (Å²) < 4.78 is 0. The quantitative estimate of drug-likeness (QED) is 0.593. The van der Waals surface area contributed by atoms with E-state index in [9.17, 15) is 0 Å². The van der Waals surface area contributed by atoms with Crippen molar-refractivity contribution in [1.82, 2.24) is 10.2 Å². The molecule has 0 radical (unpaired) electrons. The highest BCUT2D eigenvalue weighted by Gasteiger charge is 2.17. The van der Waals surface area contributed by atoms with Crippen LogP contribution in [0.25, 0.3) is 0 Å². The standard InChI is InChI=1S/C19H32N2/c1-3-14-20-15-17-10-8-9-11-18(17)16-21(2)19-12-6-4-5-7-13-19/h8-11,19-20H,3-7,12-16H2,1-2H3. The molecule has 2 heteroatoms. The van der Waals surface area contributed by atoms with Crippen LogP contribution in [0.2, 0.25) is 0 Å². The SMILES string of the molecule is CCCNCc1ccccc1CN(C)C1CCCCCC1. The van der Waals surface area contributed by atoms with Crippen LogP contribution < -0.4 is 5.32 Å². The molecular weight excluding hydrogens is 256 g/mol. The van der Waals surface area contributed by atoms with E-state index in [1.165, 1.54) is 56.1 Å². The van der Waals surface area contributed by atoms with E-state index in [-0.39, 0.29) is 0 Å². The van der Waals surface area contributed by atoms with E-state index < -0.39 is 0 Å². The Bertz CT molecular complexity index is 394. The first kappa shape index (κ1) is 16.5. The molecule has 0 heterocycles. The number of nitrogens with zero attached hydrogens (tertiary/aromatic N) is 1. The molecular formula is C19H32N2. The monoisotopic (exact) mass is 288 g/mol. The van der Waals surface area contributed by atoms with Crippen LogP contribution >= 0.6 is 0 Å². The average molecular weight is 288 g/mol. The third-order valence-electron chi connectivity index (χ3n) is 4.73. The Kier molecular flexibility index (Phi) is 7.25. The van der Waals surface area contributed by atoms with E-state index in [1.54, 1.807) is 0 Å². The van der Waals surface area contributed by atoms with E-state index in [1.807, 2.05) is 0 Å². The van der Waals surface area contributed by atoms with Gasteiger partial charge in [-0.1, -0.05) is 56.9 Å². The van der Waals surface area contributed by atoms with E-state index in [0.29, 0.717) is 0 Å². The molecule has 21 heavy (non-hydrogen) atoms. The smallest absolute Gasteiger partial charge is 0.0236 e. The second-order valence-electron chi connectivity index (χ2n) is 6.51. The molecule has 0 aromatic heterocycles. The summed E-state index contributed by atoms with van der Waals surface area (Å²) in [5.41, 5.74) is 2.96. The summed E-state index contributed by atoms with van der Waals surface area (Å²) in [5, 5.41) is 3.54. The van der Waals surface area contributed by atoms with Gasteiger partial charge in [0.25, 0.3) is 0 Å². The summed E-state index contributed by atoms with van der Waals surface area (Å²) in [5.74, 6) is 0. The van der Waals surface area contributed by atoms with Gasteiger partial charge in [-0.15, -0.1) is 0 Å². The lowest BCUT2D eigenvalue weighted by molar-refractivity contribution is 0.212. The fraction of sp³-hybridized carbons (Fsp3) is 0.684. The molecule has 0 spiro atoms. The lowest BCUT2D eigenvalue weighted by atomic mass is 10.0. The van der Waals surface area contributed by atoms with Crippen LogP contribution in [0.3, 0.4) is 0 Å². The number of rotatable bonds is 7. The Morgan fingerprint density at radius 3 is 2.38 bits per heavy atom. The lowest BCUT2D eigenvalue weighted by Gasteiger charge is -2.28. The summed E-state index contributed by atoms with van der Waals surface area (Å²) in [6.45, 7) is 5.42. The third-order valence-corrected chi connectivity index (χ3v) is 4.73. The van der Waals surface area contributed by atoms with Gasteiger partial charge in [-0.05, 0) is 44.0 Å². The topological polar surface area (TPSA) is 15.3 Å². The first-order valence-electron chi connectivity index (χ1n) is 8.79. The normalized spacial score (nSPS) is 17.1. The van der Waals surface area contributed by atoms with Crippen molar-refractivity contribution in [1.29, 1.82) is 0 Å². The number of nitrogens with one attached hydrogen (secondary N) is 1. The molecule has 1 aromatic rings. The van der Waals surface area contributed by atoms with E-state index in [0.717, 1.165) is 25.7 Å². The van der Waals surface area contributed by atoms with Gasteiger partial charge in [0.2, 0.25) is 0 Å². The van der Waals surface area contributed by atoms with Gasteiger partial charge in [0.05, 0.1) is 0 Å². The third kappa shape index (κ3) is 5.44. The van der Waals surface area contributed by atoms with Crippen molar-refractivity contribution in [3.05, 3.63) is 35.4 Å². The summed E-state index contributed by atoms with van der Waals surface area (Å²) in [4.78, 5) is 2.59. The summed E-state index contributed by atoms with van der Waals surface area (Å²) in [6.07, 6.45) is 9.65. The average Bonchev–Trinajstić information content (AvgIpc) is 2.78. The van der Waals surface area contributed by atoms with Gasteiger partial charge in [-0.2, -0.15) is 0 Å². The number of benzene rings is 1. The Hall–Kier alpha value is -0.860. The molecule has 0 atom stereocenters. The fourth-order valence-corrected chi connectivity index (χ4v) is 3.38. The zero-order valence-corrected chi connectivity index (χ0v) is 13.9. The second-order valence-corrected chi connectivity index (χ2v) is 6.51. The predicted molar refractivity (Wildman–Crippen MR) is 91.4 cm³/mol. The minimum atomic E-state index is 0.782. The molecule has 0 bridgehead atoms. The number of hydrogen-bond acceptors (Lipinski definition) is 2. The maximum Gasteiger partial charge on any atom is 0.0236 e. The summed E-state index contributed by atoms with van der Waals surface area (Å²) in [7, 11) is 2.31. The van der Waals surface area contributed by atoms with Crippen LogP contribution in [0.1, 0.15) is 63.0 Å². The van der Waals surface area contributed by atoms with Crippen molar-refractivity contribution >= 4 is 0 Å². The Balaban J connectivity index is 1.94. The van der Waals surface area contributed by atoms with E-state index >= 15 is 0 Å². The van der Waals surface area contributed by atoms with Gasteiger partial charge in [0.1, 0.15) is 0 Å². The van der Waals surface area contributed by atoms with Gasteiger partial charge in [-0.3, -0.25) is 4.90 Å². The van der Waals surface area contributed by atoms with Crippen LogP contribution in [0.4, 0.5) is 0 Å². The van der Waals surface area contributed by atoms with E-state index in [4.69, 9.17) is 0 Å². The van der Waals surface area contributed by atoms with Gasteiger partial charge < -0.3 is 5.32 Å². The van der Waals surface area contributed by atoms with Crippen LogP contribution in [-0.2, 0) is 13.1 Å². The zero-order valence-electron chi connectivity index (χ0n) is 13.9. The highest BCUT2D eigenvalue weighted by molar-refractivity contribution is 5.27. The van der Waals surface area contributed by atoms with Gasteiger partial charge >= 0.3 is 0 Å². The zero-order chi connectivity index (χ0) is 14.9. The van der Waals surface area contributed by atoms with Crippen LogP contribution in [0, 0.1) is 0 Å². The van der Waals surface area contributed by atoms with Crippen LogP contribution in [0.5, 0.6) is 0 Å². The molecule has 0 aliphatic heterocycles. The molecule has 1 N–H and O–H groups in total. The maximum atomic E-state index is 3.54. The summed E-state index contributed by atoms with van der Waals surface area (Å²) >= 11 is 0. The fourth-order valence-electron chi connectivity index (χ4n) is 3.38. The first-order valence-corrected chi connectivity index (χ1v) is 8.79. The van der Waals surface area contributed by atoms with Crippen LogP contribution in [-0.4, -0.2) is 24.5 Å². The maximum absolute atomic E-state index is 3.54. The molecule has 1 aromatic carbocycles. The van der Waals surface area contributed by atoms with Crippen molar-refractivity contribution in [2.75, 3.05) is 13.6 Å². The molecule has 118 valence electrons. The predicted octanol–water partition coefficient (Wildman–Crippen LogP) is 4.34. The van der Waals surface area contributed by atoms with Gasteiger partial charge in [0.15, 0.2) is 0 Å².